The van der Waals surface area contributed by atoms with Crippen LogP contribution in [0.25, 0.3) is 0 Å². The molecular weight excluding hydrogens is 276 g/mol. The summed E-state index contributed by atoms with van der Waals surface area (Å²) in [6, 6.07) is 4.78. The average molecular weight is 287 g/mol. The summed E-state index contributed by atoms with van der Waals surface area (Å²) in [5, 5.41) is 0. The van der Waals surface area contributed by atoms with Gasteiger partial charge in [-0.3, -0.25) is 0 Å². The normalized spacial score (nSPS) is 14.3. The van der Waals surface area contributed by atoms with Crippen molar-refractivity contribution in [1.82, 2.24) is 0 Å². The van der Waals surface area contributed by atoms with Crippen LogP contribution in [0.2, 0.25) is 0 Å². The number of nitrogens with two attached hydrogens (primary N) is 1. The van der Waals surface area contributed by atoms with Crippen molar-refractivity contribution < 1.29 is 31.1 Å². The highest BCUT2D eigenvalue weighted by Gasteiger charge is 2.59. The maximum Gasteiger partial charge on any atom is 0.439 e. The molecule has 0 saturated carbocycles. The van der Waals surface area contributed by atoms with E-state index in [9.17, 15) is 26.3 Å². The van der Waals surface area contributed by atoms with Crippen molar-refractivity contribution in [3.63, 3.8) is 0 Å². The average Bonchev–Trinajstić information content (AvgIpc) is 2.29. The van der Waals surface area contributed by atoms with E-state index in [1.54, 1.807) is 0 Å². The van der Waals surface area contributed by atoms with Gasteiger partial charge in [0.1, 0.15) is 5.75 Å². The van der Waals surface area contributed by atoms with Crippen LogP contribution in [-0.4, -0.2) is 25.0 Å². The van der Waals surface area contributed by atoms with Crippen molar-refractivity contribution in [2.45, 2.75) is 24.9 Å². The quantitative estimate of drug-likeness (QED) is 0.845. The Morgan fingerprint density at radius 3 is 2.00 bits per heavy atom. The van der Waals surface area contributed by atoms with E-state index in [2.05, 4.69) is 4.74 Å². The van der Waals surface area contributed by atoms with Gasteiger partial charge >= 0.3 is 12.3 Å². The Morgan fingerprint density at radius 2 is 1.58 bits per heavy atom. The molecule has 0 saturated heterocycles. The summed E-state index contributed by atoms with van der Waals surface area (Å²) in [5.41, 5.74) is 5.96. The SMILES string of the molecule is NCCc1ccc(OC(F)(F)C(F)C(F)(F)F)cc1. The first-order chi connectivity index (χ1) is 8.66. The van der Waals surface area contributed by atoms with Crippen molar-refractivity contribution in [2.24, 2.45) is 5.73 Å². The lowest BCUT2D eigenvalue weighted by molar-refractivity contribution is -0.304. The topological polar surface area (TPSA) is 35.2 Å². The van der Waals surface area contributed by atoms with E-state index in [-0.39, 0.29) is 0 Å². The predicted octanol–water partition coefficient (Wildman–Crippen LogP) is 3.06. The van der Waals surface area contributed by atoms with E-state index in [0.29, 0.717) is 18.5 Å². The second-order valence-corrected chi connectivity index (χ2v) is 3.75. The summed E-state index contributed by atoms with van der Waals surface area (Å²) in [6.07, 6.45) is -14.6. The highest BCUT2D eigenvalue weighted by atomic mass is 19.4. The first kappa shape index (κ1) is 15.6. The molecular formula is C11H11F6NO. The van der Waals surface area contributed by atoms with Crippen LogP contribution in [-0.2, 0) is 6.42 Å². The molecule has 0 radical (unpaired) electrons. The summed E-state index contributed by atoms with van der Waals surface area (Å²) in [7, 11) is 0. The molecule has 108 valence electrons. The summed E-state index contributed by atoms with van der Waals surface area (Å²) in [4.78, 5) is 0. The zero-order chi connectivity index (χ0) is 14.7. The summed E-state index contributed by atoms with van der Waals surface area (Å²) in [5.74, 6) is -0.558. The van der Waals surface area contributed by atoms with Crippen molar-refractivity contribution in [3.05, 3.63) is 29.8 Å². The minimum atomic E-state index is -5.69. The molecule has 1 aromatic rings. The van der Waals surface area contributed by atoms with E-state index in [0.717, 1.165) is 12.1 Å². The fraction of sp³-hybridized carbons (Fsp3) is 0.455. The highest BCUT2D eigenvalue weighted by molar-refractivity contribution is 5.27. The largest absolute Gasteiger partial charge is 0.439 e. The van der Waals surface area contributed by atoms with Crippen molar-refractivity contribution >= 4 is 0 Å². The molecule has 0 spiro atoms. The molecule has 1 atom stereocenters. The van der Waals surface area contributed by atoms with Crippen molar-refractivity contribution in [1.29, 1.82) is 0 Å². The second kappa shape index (κ2) is 5.68. The van der Waals surface area contributed by atoms with Crippen molar-refractivity contribution in [3.8, 4) is 5.75 Å². The van der Waals surface area contributed by atoms with Gasteiger partial charge in [-0.1, -0.05) is 12.1 Å². The molecule has 1 aromatic carbocycles. The van der Waals surface area contributed by atoms with Crippen LogP contribution in [0.3, 0.4) is 0 Å². The third-order valence-electron chi connectivity index (χ3n) is 2.19. The maximum absolute atomic E-state index is 12.9. The van der Waals surface area contributed by atoms with Gasteiger partial charge in [-0.05, 0) is 30.7 Å². The minimum absolute atomic E-state index is 0.330. The number of halogens is 6. The van der Waals surface area contributed by atoms with Crippen molar-refractivity contribution in [2.75, 3.05) is 6.54 Å². The smallest absolute Gasteiger partial charge is 0.430 e. The molecule has 0 fully saturated rings. The Labute approximate surface area is 105 Å². The molecule has 0 amide bonds. The van der Waals surface area contributed by atoms with Gasteiger partial charge < -0.3 is 10.5 Å². The third-order valence-corrected chi connectivity index (χ3v) is 2.19. The molecule has 8 heteroatoms. The molecule has 0 aliphatic rings. The molecule has 2 nitrogen and oxygen atoms in total. The van der Waals surface area contributed by atoms with Crippen LogP contribution in [0, 0.1) is 0 Å². The molecule has 0 aromatic heterocycles. The lowest BCUT2D eigenvalue weighted by atomic mass is 10.1. The van der Waals surface area contributed by atoms with Crippen LogP contribution in [0.15, 0.2) is 24.3 Å². The van der Waals surface area contributed by atoms with Gasteiger partial charge in [0.2, 0.25) is 0 Å². The monoisotopic (exact) mass is 287 g/mol. The van der Waals surface area contributed by atoms with E-state index in [1.807, 2.05) is 0 Å². The van der Waals surface area contributed by atoms with Gasteiger partial charge in [0, 0.05) is 0 Å². The van der Waals surface area contributed by atoms with Crippen LogP contribution in [0.1, 0.15) is 5.56 Å². The highest BCUT2D eigenvalue weighted by Crippen LogP contribution is 2.36. The molecule has 0 heterocycles. The van der Waals surface area contributed by atoms with Crippen LogP contribution in [0.5, 0.6) is 5.75 Å². The Kier molecular flexibility index (Phi) is 4.67. The summed E-state index contributed by atoms with van der Waals surface area (Å²) >= 11 is 0. The van der Waals surface area contributed by atoms with Gasteiger partial charge in [-0.2, -0.15) is 22.0 Å². The minimum Gasteiger partial charge on any atom is -0.430 e. The molecule has 19 heavy (non-hydrogen) atoms. The zero-order valence-corrected chi connectivity index (χ0v) is 9.55. The summed E-state index contributed by atoms with van der Waals surface area (Å²) in [6.45, 7) is 0.330. The molecule has 1 unspecified atom stereocenters. The molecule has 0 aliphatic carbocycles. The van der Waals surface area contributed by atoms with Crippen LogP contribution in [0.4, 0.5) is 26.3 Å². The standard InChI is InChI=1S/C11H11F6NO/c12-9(10(13,14)15)11(16,17)19-8-3-1-7(2-4-8)5-6-18/h1-4,9H,5-6,18H2. The number of hydrogen-bond donors (Lipinski definition) is 1. The van der Waals surface area contributed by atoms with Gasteiger partial charge in [0.05, 0.1) is 0 Å². The zero-order valence-electron chi connectivity index (χ0n) is 9.55. The number of benzene rings is 1. The Balaban J connectivity index is 2.77. The number of ether oxygens (including phenoxy) is 1. The van der Waals surface area contributed by atoms with Gasteiger partial charge in [-0.25, -0.2) is 4.39 Å². The Hall–Kier alpha value is -1.44. The lowest BCUT2D eigenvalue weighted by Crippen LogP contribution is -2.45. The Bertz CT molecular complexity index is 403. The van der Waals surface area contributed by atoms with Gasteiger partial charge in [0.15, 0.2) is 0 Å². The van der Waals surface area contributed by atoms with E-state index in [4.69, 9.17) is 5.73 Å². The lowest BCUT2D eigenvalue weighted by Gasteiger charge is -2.23. The second-order valence-electron chi connectivity index (χ2n) is 3.75. The predicted molar refractivity (Wildman–Crippen MR) is 55.7 cm³/mol. The van der Waals surface area contributed by atoms with E-state index >= 15 is 0 Å². The maximum atomic E-state index is 12.9. The molecule has 0 aliphatic heterocycles. The van der Waals surface area contributed by atoms with E-state index < -0.39 is 24.2 Å². The van der Waals surface area contributed by atoms with Crippen LogP contribution < -0.4 is 10.5 Å². The first-order valence-corrected chi connectivity index (χ1v) is 5.23. The number of rotatable bonds is 5. The van der Waals surface area contributed by atoms with Gasteiger partial charge in [-0.15, -0.1) is 0 Å². The molecule has 2 N–H and O–H groups in total. The fourth-order valence-electron chi connectivity index (χ4n) is 1.29. The number of hydrogen-bond acceptors (Lipinski definition) is 2. The Morgan fingerprint density at radius 1 is 1.05 bits per heavy atom. The number of alkyl halides is 6. The third kappa shape index (κ3) is 4.30. The van der Waals surface area contributed by atoms with E-state index in [1.165, 1.54) is 12.1 Å². The first-order valence-electron chi connectivity index (χ1n) is 5.23. The van der Waals surface area contributed by atoms with Crippen LogP contribution >= 0.6 is 0 Å². The summed E-state index contributed by atoms with van der Waals surface area (Å²) < 4.78 is 77.7. The van der Waals surface area contributed by atoms with Gasteiger partial charge in [0.25, 0.3) is 6.17 Å². The molecule has 0 bridgehead atoms. The molecule has 1 rings (SSSR count). The fourth-order valence-corrected chi connectivity index (χ4v) is 1.29.